The molecule has 0 aromatic carbocycles. The van der Waals surface area contributed by atoms with Crippen LogP contribution in [-0.4, -0.2) is 23.9 Å². The number of aromatic amines is 1. The lowest BCUT2D eigenvalue weighted by molar-refractivity contribution is -0.276. The molecule has 5 nitrogen and oxygen atoms in total. The van der Waals surface area contributed by atoms with Gasteiger partial charge in [0, 0.05) is 11.9 Å². The molecule has 1 aromatic heterocycles. The number of hydrogen-bond donors (Lipinski definition) is 1. The molecule has 0 fully saturated rings. The molecule has 0 saturated carbocycles. The largest absolute Gasteiger partial charge is 0.574 e. The maximum Gasteiger partial charge on any atom is 0.574 e. The van der Waals surface area contributed by atoms with Crippen molar-refractivity contribution in [2.75, 3.05) is 6.61 Å². The van der Waals surface area contributed by atoms with E-state index in [0.717, 1.165) is 6.07 Å². The minimum absolute atomic E-state index is 0.0505. The number of nitrogens with one attached hydrogen (secondary N) is 1. The predicted molar refractivity (Wildman–Crippen MR) is 59.3 cm³/mol. The van der Waals surface area contributed by atoms with Crippen LogP contribution in [0.3, 0.4) is 0 Å². The van der Waals surface area contributed by atoms with E-state index < -0.39 is 29.3 Å². The summed E-state index contributed by atoms with van der Waals surface area (Å²) in [4.78, 5) is 24.6. The van der Waals surface area contributed by atoms with Crippen LogP contribution in [0, 0.1) is 0 Å². The Morgan fingerprint density at radius 2 is 2.11 bits per heavy atom. The molecule has 0 unspecified atom stereocenters. The van der Waals surface area contributed by atoms with Gasteiger partial charge in [-0.15, -0.1) is 24.8 Å². The van der Waals surface area contributed by atoms with Crippen molar-refractivity contribution >= 4 is 17.6 Å². The fraction of sp³-hybridized carbons (Fsp3) is 0.400. The summed E-state index contributed by atoms with van der Waals surface area (Å²) in [6.07, 6.45) is -5.06. The molecule has 106 valence electrons. The minimum Gasteiger partial charge on any atom is -0.462 e. The lowest BCUT2D eigenvalue weighted by Crippen LogP contribution is -2.24. The fourth-order valence-electron chi connectivity index (χ4n) is 1.31. The number of rotatable bonds is 4. The Morgan fingerprint density at radius 1 is 1.47 bits per heavy atom. The fourth-order valence-corrected chi connectivity index (χ4v) is 1.52. The van der Waals surface area contributed by atoms with Crippen molar-refractivity contribution < 1.29 is 27.4 Å². The third kappa shape index (κ3) is 4.16. The quantitative estimate of drug-likeness (QED) is 0.683. The smallest absolute Gasteiger partial charge is 0.462 e. The molecule has 0 aliphatic rings. The molecular weight excluding hydrogens is 291 g/mol. The van der Waals surface area contributed by atoms with Gasteiger partial charge in [-0.25, -0.2) is 4.79 Å². The van der Waals surface area contributed by atoms with Crippen LogP contribution in [0.1, 0.15) is 22.8 Å². The lowest BCUT2D eigenvalue weighted by atomic mass is 10.1. The molecule has 0 radical (unpaired) electrons. The first-order chi connectivity index (χ1) is 8.78. The number of pyridine rings is 1. The summed E-state index contributed by atoms with van der Waals surface area (Å²) in [5.74, 6) is -2.44. The zero-order valence-corrected chi connectivity index (χ0v) is 10.4. The van der Waals surface area contributed by atoms with Crippen molar-refractivity contribution in [1.29, 1.82) is 0 Å². The molecule has 1 aromatic rings. The summed E-state index contributed by atoms with van der Waals surface area (Å²) in [7, 11) is 0. The number of esters is 1. The molecule has 1 heterocycles. The summed E-state index contributed by atoms with van der Waals surface area (Å²) in [5, 5.41) is 0. The number of H-pyrrole nitrogens is 1. The van der Waals surface area contributed by atoms with E-state index >= 15 is 0 Å². The Bertz CT molecular complexity index is 526. The van der Waals surface area contributed by atoms with Gasteiger partial charge in [0.05, 0.1) is 6.61 Å². The number of hydrogen-bond acceptors (Lipinski definition) is 4. The highest BCUT2D eigenvalue weighted by atomic mass is 35.5. The lowest BCUT2D eigenvalue weighted by Gasteiger charge is -2.14. The number of alkyl halides is 4. The van der Waals surface area contributed by atoms with E-state index in [1.165, 1.54) is 6.92 Å². The molecule has 0 atom stereocenters. The third-order valence-electron chi connectivity index (χ3n) is 1.93. The normalized spacial score (nSPS) is 11.2. The van der Waals surface area contributed by atoms with Gasteiger partial charge in [-0.2, -0.15) is 0 Å². The van der Waals surface area contributed by atoms with Crippen LogP contribution in [0.5, 0.6) is 5.88 Å². The van der Waals surface area contributed by atoms with Crippen molar-refractivity contribution in [3.63, 3.8) is 0 Å². The minimum atomic E-state index is -5.06. The van der Waals surface area contributed by atoms with Crippen molar-refractivity contribution in [3.8, 4) is 5.88 Å². The molecule has 0 aliphatic carbocycles. The van der Waals surface area contributed by atoms with E-state index in [1.54, 1.807) is 4.98 Å². The van der Waals surface area contributed by atoms with Gasteiger partial charge in [0.2, 0.25) is 5.88 Å². The Balaban J connectivity index is 3.37. The highest BCUT2D eigenvalue weighted by Crippen LogP contribution is 2.26. The average Bonchev–Trinajstić information content (AvgIpc) is 2.25. The summed E-state index contributed by atoms with van der Waals surface area (Å²) in [6, 6.07) is 0.905. The Hall–Kier alpha value is -1.70. The Morgan fingerprint density at radius 3 is 2.58 bits per heavy atom. The van der Waals surface area contributed by atoms with E-state index in [9.17, 15) is 22.8 Å². The third-order valence-corrected chi connectivity index (χ3v) is 2.22. The van der Waals surface area contributed by atoms with Gasteiger partial charge >= 0.3 is 12.3 Å². The van der Waals surface area contributed by atoms with E-state index in [0.29, 0.717) is 0 Å². The SMILES string of the molecule is CCOC(=O)c1c(CCl)cc(=O)[nH]c1OC(F)(F)F. The first-order valence-corrected chi connectivity index (χ1v) is 5.57. The summed E-state index contributed by atoms with van der Waals surface area (Å²) in [5.41, 5.74) is -1.53. The van der Waals surface area contributed by atoms with Crippen LogP contribution < -0.4 is 10.3 Å². The topological polar surface area (TPSA) is 68.4 Å². The molecule has 19 heavy (non-hydrogen) atoms. The number of aromatic nitrogens is 1. The van der Waals surface area contributed by atoms with Gasteiger partial charge < -0.3 is 9.47 Å². The molecule has 1 N–H and O–H groups in total. The average molecular weight is 300 g/mol. The molecule has 0 aliphatic heterocycles. The van der Waals surface area contributed by atoms with Gasteiger partial charge in [-0.3, -0.25) is 9.78 Å². The van der Waals surface area contributed by atoms with Crippen molar-refractivity contribution in [3.05, 3.63) is 27.5 Å². The number of ether oxygens (including phenoxy) is 2. The molecule has 1 rings (SSSR count). The predicted octanol–water partition coefficient (Wildman–Crippen LogP) is 2.19. The summed E-state index contributed by atoms with van der Waals surface area (Å²) in [6.45, 7) is 1.43. The monoisotopic (exact) mass is 299 g/mol. The highest BCUT2D eigenvalue weighted by Gasteiger charge is 2.34. The van der Waals surface area contributed by atoms with Crippen LogP contribution in [-0.2, 0) is 10.6 Å². The first kappa shape index (κ1) is 15.4. The molecule has 0 spiro atoms. The van der Waals surface area contributed by atoms with Gasteiger partial charge in [0.15, 0.2) is 0 Å². The molecule has 0 saturated heterocycles. The zero-order valence-electron chi connectivity index (χ0n) is 9.64. The van der Waals surface area contributed by atoms with Crippen LogP contribution >= 0.6 is 11.6 Å². The molecule has 0 amide bonds. The van der Waals surface area contributed by atoms with E-state index in [-0.39, 0.29) is 18.1 Å². The number of carbonyl (C=O) groups is 1. The van der Waals surface area contributed by atoms with Crippen molar-refractivity contribution in [2.45, 2.75) is 19.2 Å². The highest BCUT2D eigenvalue weighted by molar-refractivity contribution is 6.17. The van der Waals surface area contributed by atoms with Gasteiger partial charge in [-0.05, 0) is 12.5 Å². The van der Waals surface area contributed by atoms with E-state index in [4.69, 9.17) is 11.6 Å². The number of halogens is 4. The van der Waals surface area contributed by atoms with Crippen molar-refractivity contribution in [1.82, 2.24) is 4.98 Å². The van der Waals surface area contributed by atoms with Gasteiger partial charge in [0.25, 0.3) is 5.56 Å². The standard InChI is InChI=1S/C10H9ClF3NO4/c1-2-18-9(17)7-5(4-11)3-6(16)15-8(7)19-10(12,13)14/h3H,2,4H2,1H3,(H,15,16). The van der Waals surface area contributed by atoms with Crippen LogP contribution in [0.25, 0.3) is 0 Å². The van der Waals surface area contributed by atoms with Crippen LogP contribution in [0.15, 0.2) is 10.9 Å². The zero-order chi connectivity index (χ0) is 14.6. The van der Waals surface area contributed by atoms with E-state index in [2.05, 4.69) is 9.47 Å². The van der Waals surface area contributed by atoms with Crippen molar-refractivity contribution in [2.24, 2.45) is 0 Å². The van der Waals surface area contributed by atoms with E-state index in [1.807, 2.05) is 0 Å². The van der Waals surface area contributed by atoms with Gasteiger partial charge in [0.1, 0.15) is 5.56 Å². The maximum atomic E-state index is 12.2. The Labute approximate surface area is 110 Å². The van der Waals surface area contributed by atoms with Crippen LogP contribution in [0.4, 0.5) is 13.2 Å². The molecule has 0 bridgehead atoms. The molecule has 9 heteroatoms. The Kier molecular flexibility index (Phi) is 4.82. The van der Waals surface area contributed by atoms with Crippen LogP contribution in [0.2, 0.25) is 0 Å². The first-order valence-electron chi connectivity index (χ1n) is 5.03. The maximum absolute atomic E-state index is 12.2. The second-order valence-corrected chi connectivity index (χ2v) is 3.53. The summed E-state index contributed by atoms with van der Waals surface area (Å²) < 4.78 is 44.8. The number of carbonyl (C=O) groups excluding carboxylic acids is 1. The molecular formula is C10H9ClF3NO4. The second kappa shape index (κ2) is 5.96. The second-order valence-electron chi connectivity index (χ2n) is 3.26. The van der Waals surface area contributed by atoms with Gasteiger partial charge in [-0.1, -0.05) is 0 Å². The summed E-state index contributed by atoms with van der Waals surface area (Å²) >= 11 is 5.49.